The summed E-state index contributed by atoms with van der Waals surface area (Å²) in [5, 5.41) is 0. The lowest BCUT2D eigenvalue weighted by Gasteiger charge is -2.20. The number of carbonyl (C=O) groups is 1. The van der Waals surface area contributed by atoms with Gasteiger partial charge < -0.3 is 4.74 Å². The maximum atomic E-state index is 11.9. The third-order valence-corrected chi connectivity index (χ3v) is 1.26. The van der Waals surface area contributed by atoms with Crippen LogP contribution in [0.3, 0.4) is 0 Å². The maximum Gasteiger partial charge on any atom is 0.311 e. The van der Waals surface area contributed by atoms with Crippen molar-refractivity contribution < 1.29 is 18.3 Å². The first kappa shape index (κ1) is 11.3. The second kappa shape index (κ2) is 3.83. The average molecular weight is 180 g/mol. The summed E-state index contributed by atoms with van der Waals surface area (Å²) in [6.07, 6.45) is -3.94. The number of hydrogen-bond acceptors (Lipinski definition) is 2. The number of rotatable bonds is 2. The molecule has 0 heterocycles. The first-order valence-electron chi connectivity index (χ1n) is 3.74. The molecule has 72 valence electrons. The van der Waals surface area contributed by atoms with Crippen LogP contribution in [-0.2, 0) is 9.53 Å². The molecular formula is C8H14F2O2. The lowest BCUT2D eigenvalue weighted by Crippen LogP contribution is -2.30. The molecule has 0 aromatic heterocycles. The smallest absolute Gasteiger partial charge is 0.311 e. The largest absolute Gasteiger partial charge is 0.456 e. The van der Waals surface area contributed by atoms with Crippen LogP contribution >= 0.6 is 0 Å². The van der Waals surface area contributed by atoms with E-state index in [4.69, 9.17) is 0 Å². The molecule has 1 unspecified atom stereocenters. The predicted octanol–water partition coefficient (Wildman–Crippen LogP) is 2.23. The molecule has 4 heteroatoms. The Labute approximate surface area is 70.9 Å². The molecule has 0 saturated heterocycles. The number of hydrogen-bond donors (Lipinski definition) is 0. The summed E-state index contributed by atoms with van der Waals surface area (Å²) in [5.74, 6) is -0.602. The fourth-order valence-electron chi connectivity index (χ4n) is 0.397. The minimum atomic E-state index is -2.61. The zero-order valence-electron chi connectivity index (χ0n) is 7.73. The van der Waals surface area contributed by atoms with Gasteiger partial charge in [-0.1, -0.05) is 0 Å². The van der Waals surface area contributed by atoms with Gasteiger partial charge in [-0.05, 0) is 27.7 Å². The number of esters is 1. The summed E-state index contributed by atoms with van der Waals surface area (Å²) in [6.45, 7) is 6.03. The molecule has 0 aromatic carbocycles. The van der Waals surface area contributed by atoms with E-state index in [1.807, 2.05) is 0 Å². The Balaban J connectivity index is 4.02. The lowest BCUT2D eigenvalue weighted by atomic mass is 9.97. The molecule has 0 radical (unpaired) electrons. The number of carbonyl (C=O) groups excluding carboxylic acids is 1. The molecule has 0 fully saturated rings. The Morgan fingerprint density at radius 1 is 1.33 bits per heavy atom. The molecule has 12 heavy (non-hydrogen) atoms. The zero-order chi connectivity index (χ0) is 9.94. The highest BCUT2D eigenvalue weighted by molar-refractivity contribution is 5.75. The van der Waals surface area contributed by atoms with Crippen LogP contribution in [0.5, 0.6) is 0 Å². The molecule has 0 rings (SSSR count). The van der Waals surface area contributed by atoms with Gasteiger partial charge in [0.1, 0.15) is 0 Å². The van der Waals surface area contributed by atoms with Crippen molar-refractivity contribution in [3.05, 3.63) is 0 Å². The predicted molar refractivity (Wildman–Crippen MR) is 41.0 cm³/mol. The standard InChI is InChI=1S/C8H14F2O2/c1-5(6(9)10)12-7(11)8(2,3)4/h5-6H,1-4H3. The van der Waals surface area contributed by atoms with Crippen molar-refractivity contribution >= 4 is 5.97 Å². The van der Waals surface area contributed by atoms with Gasteiger partial charge in [0, 0.05) is 0 Å². The van der Waals surface area contributed by atoms with Gasteiger partial charge in [-0.2, -0.15) is 0 Å². The van der Waals surface area contributed by atoms with Crippen LogP contribution in [-0.4, -0.2) is 18.5 Å². The summed E-state index contributed by atoms with van der Waals surface area (Å²) < 4.78 is 28.3. The first-order valence-corrected chi connectivity index (χ1v) is 3.74. The fraction of sp³-hybridized carbons (Fsp3) is 0.875. The Bertz CT molecular complexity index is 161. The van der Waals surface area contributed by atoms with E-state index in [0.29, 0.717) is 0 Å². The highest BCUT2D eigenvalue weighted by Crippen LogP contribution is 2.17. The summed E-state index contributed by atoms with van der Waals surface area (Å²) in [5.41, 5.74) is -0.719. The van der Waals surface area contributed by atoms with E-state index >= 15 is 0 Å². The van der Waals surface area contributed by atoms with E-state index in [-0.39, 0.29) is 0 Å². The minimum Gasteiger partial charge on any atom is -0.456 e. The van der Waals surface area contributed by atoms with Crippen LogP contribution in [0.4, 0.5) is 8.78 Å². The fourth-order valence-corrected chi connectivity index (χ4v) is 0.397. The molecule has 1 atom stereocenters. The van der Waals surface area contributed by atoms with Gasteiger partial charge in [0.15, 0.2) is 6.10 Å². The van der Waals surface area contributed by atoms with Crippen molar-refractivity contribution in [3.63, 3.8) is 0 Å². The molecule has 0 N–H and O–H groups in total. The van der Waals surface area contributed by atoms with Gasteiger partial charge in [0.05, 0.1) is 5.41 Å². The second-order valence-electron chi connectivity index (χ2n) is 3.69. The zero-order valence-corrected chi connectivity index (χ0v) is 7.73. The molecule has 0 aliphatic rings. The Kier molecular flexibility index (Phi) is 3.61. The number of halogens is 2. The van der Waals surface area contributed by atoms with Crippen LogP contribution in [0, 0.1) is 5.41 Å². The molecule has 0 aliphatic carbocycles. The van der Waals surface area contributed by atoms with Crippen molar-refractivity contribution in [2.45, 2.75) is 40.2 Å². The van der Waals surface area contributed by atoms with Gasteiger partial charge in [0.25, 0.3) is 6.43 Å². The van der Waals surface area contributed by atoms with Crippen LogP contribution in [0.25, 0.3) is 0 Å². The molecule has 0 amide bonds. The summed E-state index contributed by atoms with van der Waals surface area (Å²) in [6, 6.07) is 0. The van der Waals surface area contributed by atoms with E-state index in [1.54, 1.807) is 20.8 Å². The quantitative estimate of drug-likeness (QED) is 0.609. The van der Waals surface area contributed by atoms with Crippen molar-refractivity contribution in [3.8, 4) is 0 Å². The normalized spacial score (nSPS) is 14.6. The van der Waals surface area contributed by atoms with E-state index in [2.05, 4.69) is 4.74 Å². The second-order valence-corrected chi connectivity index (χ2v) is 3.69. The molecule has 2 nitrogen and oxygen atoms in total. The van der Waals surface area contributed by atoms with Crippen molar-refractivity contribution in [2.75, 3.05) is 0 Å². The van der Waals surface area contributed by atoms with Gasteiger partial charge in [-0.3, -0.25) is 4.79 Å². The summed E-state index contributed by atoms with van der Waals surface area (Å²) >= 11 is 0. The molecule has 0 aliphatic heterocycles. The Morgan fingerprint density at radius 2 is 1.75 bits per heavy atom. The molecule has 0 bridgehead atoms. The van der Waals surface area contributed by atoms with Gasteiger partial charge in [-0.15, -0.1) is 0 Å². The minimum absolute atomic E-state index is 0.602. The molecular weight excluding hydrogens is 166 g/mol. The monoisotopic (exact) mass is 180 g/mol. The van der Waals surface area contributed by atoms with Crippen LogP contribution < -0.4 is 0 Å². The van der Waals surface area contributed by atoms with E-state index in [1.165, 1.54) is 6.92 Å². The Hall–Kier alpha value is -0.670. The average Bonchev–Trinajstić information content (AvgIpc) is 1.85. The van der Waals surface area contributed by atoms with E-state index in [9.17, 15) is 13.6 Å². The van der Waals surface area contributed by atoms with Crippen LogP contribution in [0.2, 0.25) is 0 Å². The van der Waals surface area contributed by atoms with Crippen molar-refractivity contribution in [2.24, 2.45) is 5.41 Å². The third kappa shape index (κ3) is 3.64. The van der Waals surface area contributed by atoms with Crippen LogP contribution in [0.15, 0.2) is 0 Å². The van der Waals surface area contributed by atoms with Crippen molar-refractivity contribution in [1.82, 2.24) is 0 Å². The molecule has 0 aromatic rings. The van der Waals surface area contributed by atoms with E-state index in [0.717, 1.165) is 0 Å². The maximum absolute atomic E-state index is 11.9. The van der Waals surface area contributed by atoms with Crippen molar-refractivity contribution in [1.29, 1.82) is 0 Å². The van der Waals surface area contributed by atoms with Gasteiger partial charge >= 0.3 is 5.97 Å². The highest BCUT2D eigenvalue weighted by atomic mass is 19.3. The molecule has 0 saturated carbocycles. The number of ether oxygens (including phenoxy) is 1. The first-order chi connectivity index (χ1) is 5.25. The molecule has 0 spiro atoms. The Morgan fingerprint density at radius 3 is 2.00 bits per heavy atom. The van der Waals surface area contributed by atoms with Gasteiger partial charge in [0.2, 0.25) is 0 Å². The third-order valence-electron chi connectivity index (χ3n) is 1.26. The van der Waals surface area contributed by atoms with E-state index < -0.39 is 23.9 Å². The number of alkyl halides is 2. The summed E-state index contributed by atoms with van der Waals surface area (Å²) in [7, 11) is 0. The topological polar surface area (TPSA) is 26.3 Å². The SMILES string of the molecule is CC(OC(=O)C(C)(C)C)C(F)F. The van der Waals surface area contributed by atoms with Crippen LogP contribution in [0.1, 0.15) is 27.7 Å². The lowest BCUT2D eigenvalue weighted by molar-refractivity contribution is -0.165. The highest BCUT2D eigenvalue weighted by Gasteiger charge is 2.27. The summed E-state index contributed by atoms with van der Waals surface area (Å²) in [4.78, 5) is 11.0. The van der Waals surface area contributed by atoms with Gasteiger partial charge in [-0.25, -0.2) is 8.78 Å².